The lowest BCUT2D eigenvalue weighted by molar-refractivity contribution is 0.496. The smallest absolute Gasteiger partial charge is 0.119 e. The molecule has 12 heavy (non-hydrogen) atoms. The lowest BCUT2D eigenvalue weighted by Gasteiger charge is -2.16. The maximum atomic E-state index is 2.54. The SMILES string of the molecule is CCN(CC)[SiH2]C=CC(C)(C)C. The van der Waals surface area contributed by atoms with Gasteiger partial charge in [-0.15, -0.1) is 0 Å². The molecule has 0 saturated carbocycles. The van der Waals surface area contributed by atoms with E-state index in [1.807, 2.05) is 0 Å². The molecule has 0 unspecified atom stereocenters. The van der Waals surface area contributed by atoms with E-state index < -0.39 is 0 Å². The number of allylic oxidation sites excluding steroid dienone is 1. The van der Waals surface area contributed by atoms with Gasteiger partial charge >= 0.3 is 0 Å². The van der Waals surface area contributed by atoms with E-state index in [9.17, 15) is 0 Å². The van der Waals surface area contributed by atoms with Gasteiger partial charge in [0.1, 0.15) is 9.68 Å². The summed E-state index contributed by atoms with van der Waals surface area (Å²) in [5.74, 6) is 0. The van der Waals surface area contributed by atoms with E-state index in [0.29, 0.717) is 5.41 Å². The number of rotatable bonds is 4. The first-order valence-electron chi connectivity index (χ1n) is 4.89. The van der Waals surface area contributed by atoms with Crippen LogP contribution >= 0.6 is 0 Å². The minimum Gasteiger partial charge on any atom is -0.326 e. The highest BCUT2D eigenvalue weighted by molar-refractivity contribution is 6.38. The van der Waals surface area contributed by atoms with Crippen molar-refractivity contribution in [2.75, 3.05) is 13.1 Å². The zero-order valence-electron chi connectivity index (χ0n) is 9.22. The Kier molecular flexibility index (Phi) is 5.50. The summed E-state index contributed by atoms with van der Waals surface area (Å²) < 4.78 is 2.54. The van der Waals surface area contributed by atoms with Crippen molar-refractivity contribution in [3.05, 3.63) is 11.8 Å². The molecule has 0 atom stereocenters. The van der Waals surface area contributed by atoms with Crippen LogP contribution in [0.4, 0.5) is 0 Å². The fourth-order valence-electron chi connectivity index (χ4n) is 1.04. The summed E-state index contributed by atoms with van der Waals surface area (Å²) in [5.41, 5.74) is 2.77. The maximum absolute atomic E-state index is 2.54. The van der Waals surface area contributed by atoms with E-state index >= 15 is 0 Å². The minimum absolute atomic E-state index is 0.102. The Hall–Kier alpha value is -0.0831. The first kappa shape index (κ1) is 11.9. The second kappa shape index (κ2) is 5.54. The van der Waals surface area contributed by atoms with Crippen molar-refractivity contribution in [3.63, 3.8) is 0 Å². The molecule has 2 heteroatoms. The molecule has 0 aromatic heterocycles. The maximum Gasteiger partial charge on any atom is 0.119 e. The molecule has 0 aliphatic carbocycles. The molecular formula is C10H23NSi. The van der Waals surface area contributed by atoms with E-state index in [2.05, 4.69) is 51.0 Å². The predicted molar refractivity (Wildman–Crippen MR) is 60.1 cm³/mol. The van der Waals surface area contributed by atoms with E-state index in [4.69, 9.17) is 0 Å². The molecular weight excluding hydrogens is 162 g/mol. The molecule has 0 aromatic rings. The molecule has 0 rings (SSSR count). The molecule has 0 N–H and O–H groups in total. The summed E-state index contributed by atoms with van der Waals surface area (Å²) in [6, 6.07) is 0. The van der Waals surface area contributed by atoms with Crippen LogP contribution in [0.15, 0.2) is 11.8 Å². The van der Waals surface area contributed by atoms with Gasteiger partial charge in [-0.3, -0.25) is 0 Å². The highest BCUT2D eigenvalue weighted by atomic mass is 28.2. The summed E-state index contributed by atoms with van der Waals surface area (Å²) in [4.78, 5) is 0. The fourth-order valence-corrected chi connectivity index (χ4v) is 2.66. The number of hydrogen-bond donors (Lipinski definition) is 0. The van der Waals surface area contributed by atoms with Crippen LogP contribution in [0.1, 0.15) is 34.6 Å². The summed E-state index contributed by atoms with van der Waals surface area (Å²) >= 11 is 0. The van der Waals surface area contributed by atoms with Gasteiger partial charge in [0.25, 0.3) is 0 Å². The lowest BCUT2D eigenvalue weighted by atomic mass is 9.98. The van der Waals surface area contributed by atoms with Crippen LogP contribution in [0.5, 0.6) is 0 Å². The minimum atomic E-state index is -0.102. The average Bonchev–Trinajstić information content (AvgIpc) is 1.96. The lowest BCUT2D eigenvalue weighted by Crippen LogP contribution is -2.26. The third-order valence-corrected chi connectivity index (χ3v) is 3.73. The largest absolute Gasteiger partial charge is 0.326 e. The van der Waals surface area contributed by atoms with E-state index in [1.54, 1.807) is 0 Å². The number of hydrogen-bond acceptors (Lipinski definition) is 1. The first-order chi connectivity index (χ1) is 5.49. The van der Waals surface area contributed by atoms with Crippen LogP contribution in [0.25, 0.3) is 0 Å². The summed E-state index contributed by atoms with van der Waals surface area (Å²) in [6.45, 7) is 13.6. The van der Waals surface area contributed by atoms with Crippen LogP contribution in [-0.4, -0.2) is 27.3 Å². The van der Waals surface area contributed by atoms with Crippen LogP contribution in [0, 0.1) is 5.41 Å². The topological polar surface area (TPSA) is 3.24 Å². The Morgan fingerprint density at radius 3 is 2.00 bits per heavy atom. The molecule has 0 heterocycles. The molecule has 0 radical (unpaired) electrons. The van der Waals surface area contributed by atoms with E-state index in [1.165, 1.54) is 13.1 Å². The standard InChI is InChI=1S/C10H23NSi/c1-6-11(7-2)12-9-8-10(3,4)5/h8-9H,6-7,12H2,1-5H3. The molecule has 0 bridgehead atoms. The normalized spacial score (nSPS) is 14.2. The molecule has 0 fully saturated rings. The first-order valence-corrected chi connectivity index (χ1v) is 6.34. The van der Waals surface area contributed by atoms with Crippen molar-refractivity contribution in [2.45, 2.75) is 34.6 Å². The van der Waals surface area contributed by atoms with Gasteiger partial charge in [0.2, 0.25) is 0 Å². The zero-order chi connectivity index (χ0) is 9.61. The van der Waals surface area contributed by atoms with Gasteiger partial charge in [0.05, 0.1) is 0 Å². The van der Waals surface area contributed by atoms with E-state index in [0.717, 1.165) is 0 Å². The summed E-state index contributed by atoms with van der Waals surface area (Å²) in [7, 11) is -0.102. The van der Waals surface area contributed by atoms with E-state index in [-0.39, 0.29) is 9.68 Å². The molecule has 0 saturated heterocycles. The zero-order valence-corrected chi connectivity index (χ0v) is 10.6. The van der Waals surface area contributed by atoms with Crippen LogP contribution < -0.4 is 0 Å². The second-order valence-electron chi connectivity index (χ2n) is 4.25. The van der Waals surface area contributed by atoms with Crippen molar-refractivity contribution in [1.29, 1.82) is 0 Å². The van der Waals surface area contributed by atoms with Crippen molar-refractivity contribution in [2.24, 2.45) is 5.41 Å². The Bertz CT molecular complexity index is 131. The van der Waals surface area contributed by atoms with Crippen molar-refractivity contribution in [1.82, 2.24) is 4.57 Å². The van der Waals surface area contributed by atoms with Crippen LogP contribution in [0.2, 0.25) is 0 Å². The van der Waals surface area contributed by atoms with Gasteiger partial charge in [0, 0.05) is 0 Å². The molecule has 72 valence electrons. The van der Waals surface area contributed by atoms with Crippen molar-refractivity contribution in [3.8, 4) is 0 Å². The molecule has 1 nitrogen and oxygen atoms in total. The van der Waals surface area contributed by atoms with Gasteiger partial charge in [-0.1, -0.05) is 46.4 Å². The Balaban J connectivity index is 3.73. The Labute approximate surface area is 79.7 Å². The van der Waals surface area contributed by atoms with Gasteiger partial charge in [0.15, 0.2) is 0 Å². The molecule has 0 aromatic carbocycles. The molecule has 0 aliphatic rings. The van der Waals surface area contributed by atoms with Gasteiger partial charge in [-0.2, -0.15) is 0 Å². The highest BCUT2D eigenvalue weighted by Gasteiger charge is 2.03. The summed E-state index contributed by atoms with van der Waals surface area (Å²) in [6.07, 6.45) is 2.34. The third kappa shape index (κ3) is 6.62. The highest BCUT2D eigenvalue weighted by Crippen LogP contribution is 2.13. The third-order valence-electron chi connectivity index (χ3n) is 1.88. The average molecular weight is 185 g/mol. The van der Waals surface area contributed by atoms with Gasteiger partial charge in [-0.25, -0.2) is 0 Å². The fraction of sp³-hybridized carbons (Fsp3) is 0.800. The van der Waals surface area contributed by atoms with Crippen molar-refractivity contribution < 1.29 is 0 Å². The van der Waals surface area contributed by atoms with Crippen LogP contribution in [0.3, 0.4) is 0 Å². The summed E-state index contributed by atoms with van der Waals surface area (Å²) in [5, 5.41) is 0. The number of nitrogens with zero attached hydrogens (tertiary/aromatic N) is 1. The monoisotopic (exact) mass is 185 g/mol. The van der Waals surface area contributed by atoms with Crippen LogP contribution in [-0.2, 0) is 0 Å². The Morgan fingerprint density at radius 2 is 1.67 bits per heavy atom. The second-order valence-corrected chi connectivity index (χ2v) is 5.99. The van der Waals surface area contributed by atoms with Gasteiger partial charge < -0.3 is 4.57 Å². The molecule has 0 amide bonds. The molecule has 0 aliphatic heterocycles. The Morgan fingerprint density at radius 1 is 1.17 bits per heavy atom. The predicted octanol–water partition coefficient (Wildman–Crippen LogP) is 1.97. The van der Waals surface area contributed by atoms with Crippen molar-refractivity contribution >= 4 is 9.68 Å². The quantitative estimate of drug-likeness (QED) is 0.605. The molecule has 0 spiro atoms. The van der Waals surface area contributed by atoms with Gasteiger partial charge in [-0.05, 0) is 18.5 Å².